The Morgan fingerprint density at radius 2 is 1.64 bits per heavy atom. The highest BCUT2D eigenvalue weighted by molar-refractivity contribution is 6.07. The lowest BCUT2D eigenvalue weighted by Crippen LogP contribution is -2.49. The zero-order valence-electron chi connectivity index (χ0n) is 14.3. The molecule has 25 heavy (non-hydrogen) atoms. The Balaban J connectivity index is 1.66. The number of rotatable bonds is 2. The molecular formula is C21H20N2O2. The van der Waals surface area contributed by atoms with Crippen molar-refractivity contribution in [3.63, 3.8) is 0 Å². The topological polar surface area (TPSA) is 34.5 Å². The van der Waals surface area contributed by atoms with Crippen LogP contribution in [-0.4, -0.2) is 22.6 Å². The van der Waals surface area contributed by atoms with Crippen LogP contribution in [-0.2, 0) is 0 Å². The Bertz CT molecular complexity index is 896. The summed E-state index contributed by atoms with van der Waals surface area (Å²) < 4.78 is 8.02. The number of anilines is 1. The van der Waals surface area contributed by atoms with Crippen molar-refractivity contribution in [2.24, 2.45) is 0 Å². The Morgan fingerprint density at radius 1 is 0.960 bits per heavy atom. The fourth-order valence-electron chi connectivity index (χ4n) is 3.18. The molecule has 1 aliphatic rings. The number of hydrogen-bond acceptors (Lipinski definition) is 2. The van der Waals surface area contributed by atoms with Gasteiger partial charge >= 0.3 is 0 Å². The van der Waals surface area contributed by atoms with Gasteiger partial charge in [0.1, 0.15) is 11.4 Å². The molecule has 126 valence electrons. The van der Waals surface area contributed by atoms with Crippen LogP contribution in [0.15, 0.2) is 73.1 Å². The fraction of sp³-hybridized carbons (Fsp3) is 0.190. The van der Waals surface area contributed by atoms with Gasteiger partial charge in [-0.15, -0.1) is 0 Å². The molecule has 0 aliphatic carbocycles. The highest BCUT2D eigenvalue weighted by Gasteiger charge is 2.34. The first-order valence-electron chi connectivity index (χ1n) is 8.37. The van der Waals surface area contributed by atoms with Gasteiger partial charge in [-0.1, -0.05) is 12.1 Å². The minimum Gasteiger partial charge on any atom is -0.484 e. The average Bonchev–Trinajstić information content (AvgIpc) is 3.14. The van der Waals surface area contributed by atoms with Crippen LogP contribution >= 0.6 is 0 Å². The van der Waals surface area contributed by atoms with Gasteiger partial charge < -0.3 is 14.2 Å². The van der Waals surface area contributed by atoms with E-state index in [1.165, 1.54) is 0 Å². The minimum absolute atomic E-state index is 0.0112. The Labute approximate surface area is 147 Å². The molecule has 1 aromatic heterocycles. The van der Waals surface area contributed by atoms with Gasteiger partial charge in [0.25, 0.3) is 5.91 Å². The summed E-state index contributed by atoms with van der Waals surface area (Å²) in [6.45, 7) is 4.51. The van der Waals surface area contributed by atoms with Gasteiger partial charge in [0.15, 0.2) is 0 Å². The molecule has 3 aromatic rings. The van der Waals surface area contributed by atoms with E-state index >= 15 is 0 Å². The SMILES string of the molecule is CC1(C)CN(C(=O)c2ccc(-n3cccc3)cc2)c2ccccc2O1. The number of carbonyl (C=O) groups excluding carboxylic acids is 1. The standard InChI is InChI=1S/C21H20N2O2/c1-21(2)15-23(18-7-3-4-8-19(18)25-21)20(24)16-9-11-17(12-10-16)22-13-5-6-14-22/h3-14H,15H2,1-2H3. The minimum atomic E-state index is -0.422. The molecule has 2 aromatic carbocycles. The number of hydrogen-bond donors (Lipinski definition) is 0. The third-order valence-corrected chi connectivity index (χ3v) is 4.34. The normalized spacial score (nSPS) is 15.4. The molecule has 4 rings (SSSR count). The predicted octanol–water partition coefficient (Wildman–Crippen LogP) is 4.30. The second kappa shape index (κ2) is 5.81. The van der Waals surface area contributed by atoms with Gasteiger partial charge in [0.05, 0.1) is 12.2 Å². The van der Waals surface area contributed by atoms with E-state index in [1.54, 1.807) is 0 Å². The largest absolute Gasteiger partial charge is 0.484 e. The number of amides is 1. The molecule has 2 heterocycles. The first kappa shape index (κ1) is 15.5. The van der Waals surface area contributed by atoms with E-state index in [0.717, 1.165) is 17.1 Å². The predicted molar refractivity (Wildman–Crippen MR) is 98.6 cm³/mol. The Hall–Kier alpha value is -3.01. The average molecular weight is 332 g/mol. The lowest BCUT2D eigenvalue weighted by molar-refractivity contribution is 0.0837. The van der Waals surface area contributed by atoms with E-state index in [-0.39, 0.29) is 5.91 Å². The number of fused-ring (bicyclic) bond motifs is 1. The van der Waals surface area contributed by atoms with Crippen molar-refractivity contribution in [2.45, 2.75) is 19.4 Å². The number of nitrogens with zero attached hydrogens (tertiary/aromatic N) is 2. The highest BCUT2D eigenvalue weighted by atomic mass is 16.5. The van der Waals surface area contributed by atoms with Crippen molar-refractivity contribution in [2.75, 3.05) is 11.4 Å². The summed E-state index contributed by atoms with van der Waals surface area (Å²) in [5, 5.41) is 0. The van der Waals surface area contributed by atoms with Crippen molar-refractivity contribution in [3.05, 3.63) is 78.6 Å². The molecule has 0 bridgehead atoms. The fourth-order valence-corrected chi connectivity index (χ4v) is 3.18. The van der Waals surface area contributed by atoms with E-state index in [1.807, 2.05) is 96.4 Å². The molecule has 1 aliphatic heterocycles. The summed E-state index contributed by atoms with van der Waals surface area (Å²) in [6.07, 6.45) is 3.97. The molecule has 0 radical (unpaired) electrons. The maximum Gasteiger partial charge on any atom is 0.258 e. The summed E-state index contributed by atoms with van der Waals surface area (Å²) in [5.74, 6) is 0.735. The van der Waals surface area contributed by atoms with Crippen molar-refractivity contribution < 1.29 is 9.53 Å². The quantitative estimate of drug-likeness (QED) is 0.701. The summed E-state index contributed by atoms with van der Waals surface area (Å²) in [7, 11) is 0. The van der Waals surface area contributed by atoms with Crippen LogP contribution < -0.4 is 9.64 Å². The van der Waals surface area contributed by atoms with Crippen LogP contribution in [0.1, 0.15) is 24.2 Å². The monoisotopic (exact) mass is 332 g/mol. The molecule has 0 unspecified atom stereocenters. The van der Waals surface area contributed by atoms with Crippen molar-refractivity contribution >= 4 is 11.6 Å². The van der Waals surface area contributed by atoms with Crippen LogP contribution in [0, 0.1) is 0 Å². The molecule has 0 fully saturated rings. The van der Waals surface area contributed by atoms with Gasteiger partial charge in [0.2, 0.25) is 0 Å². The van der Waals surface area contributed by atoms with Crippen molar-refractivity contribution in [1.29, 1.82) is 0 Å². The van der Waals surface area contributed by atoms with Crippen molar-refractivity contribution in [1.82, 2.24) is 4.57 Å². The summed E-state index contributed by atoms with van der Waals surface area (Å²) in [6, 6.07) is 19.3. The number of carbonyl (C=O) groups is 1. The smallest absolute Gasteiger partial charge is 0.258 e. The number of benzene rings is 2. The van der Waals surface area contributed by atoms with Gasteiger partial charge in [-0.2, -0.15) is 0 Å². The maximum absolute atomic E-state index is 13.1. The van der Waals surface area contributed by atoms with E-state index in [2.05, 4.69) is 0 Å². The van der Waals surface area contributed by atoms with Crippen LogP contribution in [0.4, 0.5) is 5.69 Å². The molecule has 0 saturated heterocycles. The van der Waals surface area contributed by atoms with E-state index in [0.29, 0.717) is 12.1 Å². The second-order valence-corrected chi connectivity index (χ2v) is 6.86. The van der Waals surface area contributed by atoms with Crippen molar-refractivity contribution in [3.8, 4) is 11.4 Å². The lowest BCUT2D eigenvalue weighted by atomic mass is 10.0. The van der Waals surface area contributed by atoms with Gasteiger partial charge in [-0.05, 0) is 62.4 Å². The molecular weight excluding hydrogens is 312 g/mol. The van der Waals surface area contributed by atoms with Crippen LogP contribution in [0.2, 0.25) is 0 Å². The van der Waals surface area contributed by atoms with E-state index < -0.39 is 5.60 Å². The molecule has 1 amide bonds. The van der Waals surface area contributed by atoms with Gasteiger partial charge in [-0.25, -0.2) is 0 Å². The Kier molecular flexibility index (Phi) is 3.61. The zero-order chi connectivity index (χ0) is 17.4. The molecule has 4 nitrogen and oxygen atoms in total. The number of ether oxygens (including phenoxy) is 1. The van der Waals surface area contributed by atoms with Gasteiger partial charge in [-0.3, -0.25) is 4.79 Å². The zero-order valence-corrected chi connectivity index (χ0v) is 14.3. The third kappa shape index (κ3) is 2.91. The van der Waals surface area contributed by atoms with E-state index in [4.69, 9.17) is 4.74 Å². The molecule has 0 atom stereocenters. The number of aromatic nitrogens is 1. The lowest BCUT2D eigenvalue weighted by Gasteiger charge is -2.39. The van der Waals surface area contributed by atoms with Crippen LogP contribution in [0.25, 0.3) is 5.69 Å². The number of para-hydroxylation sites is 2. The summed E-state index contributed by atoms with van der Waals surface area (Å²) in [4.78, 5) is 14.9. The van der Waals surface area contributed by atoms with Gasteiger partial charge in [0, 0.05) is 23.6 Å². The first-order valence-corrected chi connectivity index (χ1v) is 8.37. The van der Waals surface area contributed by atoms with E-state index in [9.17, 15) is 4.79 Å². The summed E-state index contributed by atoms with van der Waals surface area (Å²) >= 11 is 0. The Morgan fingerprint density at radius 3 is 2.36 bits per heavy atom. The van der Waals surface area contributed by atoms with Crippen LogP contribution in [0.3, 0.4) is 0 Å². The first-order chi connectivity index (χ1) is 12.0. The molecule has 4 heteroatoms. The van der Waals surface area contributed by atoms with Crippen LogP contribution in [0.5, 0.6) is 5.75 Å². The second-order valence-electron chi connectivity index (χ2n) is 6.86. The maximum atomic E-state index is 13.1. The highest BCUT2D eigenvalue weighted by Crippen LogP contribution is 2.37. The molecule has 0 spiro atoms. The third-order valence-electron chi connectivity index (χ3n) is 4.34. The summed E-state index contributed by atoms with van der Waals surface area (Å²) in [5.41, 5.74) is 2.10. The molecule has 0 N–H and O–H groups in total. The molecule has 0 saturated carbocycles.